The molecule has 1 fully saturated rings. The van der Waals surface area contributed by atoms with Gasteiger partial charge in [0.25, 0.3) is 0 Å². The van der Waals surface area contributed by atoms with Gasteiger partial charge in [0.2, 0.25) is 0 Å². The lowest BCUT2D eigenvalue weighted by Crippen LogP contribution is -2.44. The van der Waals surface area contributed by atoms with E-state index in [2.05, 4.69) is 12.2 Å². The SMILES string of the molecule is CCCCOC(=O)NC(C(=O)O)c1ccc(OCC2(C)COC2)cc1. The zero-order valence-electron chi connectivity index (χ0n) is 14.6. The normalized spacial score (nSPS) is 16.4. The van der Waals surface area contributed by atoms with Crippen molar-refractivity contribution in [2.24, 2.45) is 5.41 Å². The summed E-state index contributed by atoms with van der Waals surface area (Å²) in [5, 5.41) is 11.7. The van der Waals surface area contributed by atoms with E-state index in [1.54, 1.807) is 24.3 Å². The number of ether oxygens (including phenoxy) is 3. The van der Waals surface area contributed by atoms with Crippen molar-refractivity contribution in [3.63, 3.8) is 0 Å². The molecule has 7 nitrogen and oxygen atoms in total. The number of amides is 1. The Labute approximate surface area is 147 Å². The van der Waals surface area contributed by atoms with Gasteiger partial charge in [-0.15, -0.1) is 0 Å². The molecule has 0 spiro atoms. The fourth-order valence-electron chi connectivity index (χ4n) is 2.30. The van der Waals surface area contributed by atoms with Crippen molar-refractivity contribution in [3.8, 4) is 5.75 Å². The van der Waals surface area contributed by atoms with Crippen LogP contribution in [0.3, 0.4) is 0 Å². The lowest BCUT2D eigenvalue weighted by atomic mass is 9.90. The molecule has 0 radical (unpaired) electrons. The number of aliphatic carboxylic acids is 1. The Morgan fingerprint density at radius 3 is 2.52 bits per heavy atom. The smallest absolute Gasteiger partial charge is 0.408 e. The van der Waals surface area contributed by atoms with Crippen LogP contribution in [0.15, 0.2) is 24.3 Å². The van der Waals surface area contributed by atoms with Gasteiger partial charge >= 0.3 is 12.1 Å². The number of hydrogen-bond acceptors (Lipinski definition) is 5. The predicted octanol–water partition coefficient (Wildman–Crippen LogP) is 2.75. The molecule has 1 atom stereocenters. The van der Waals surface area contributed by atoms with Gasteiger partial charge in [-0.05, 0) is 24.1 Å². The molecule has 138 valence electrons. The van der Waals surface area contributed by atoms with Crippen LogP contribution in [0.5, 0.6) is 5.75 Å². The Bertz CT molecular complexity index is 582. The van der Waals surface area contributed by atoms with Crippen molar-refractivity contribution < 1.29 is 28.9 Å². The minimum Gasteiger partial charge on any atom is -0.493 e. The summed E-state index contributed by atoms with van der Waals surface area (Å²) in [5.41, 5.74) is 0.483. The van der Waals surface area contributed by atoms with Gasteiger partial charge in [0.15, 0.2) is 6.04 Å². The van der Waals surface area contributed by atoms with Crippen molar-refractivity contribution in [3.05, 3.63) is 29.8 Å². The van der Waals surface area contributed by atoms with E-state index in [1.807, 2.05) is 6.92 Å². The van der Waals surface area contributed by atoms with Crippen LogP contribution in [0.2, 0.25) is 0 Å². The van der Waals surface area contributed by atoms with Gasteiger partial charge in [-0.25, -0.2) is 9.59 Å². The summed E-state index contributed by atoms with van der Waals surface area (Å²) in [7, 11) is 0. The van der Waals surface area contributed by atoms with Gasteiger partial charge in [-0.3, -0.25) is 0 Å². The first-order valence-electron chi connectivity index (χ1n) is 8.40. The van der Waals surface area contributed by atoms with E-state index in [0.717, 1.165) is 12.8 Å². The molecular formula is C18H25NO6. The van der Waals surface area contributed by atoms with Crippen LogP contribution in [-0.4, -0.2) is 43.6 Å². The fraction of sp³-hybridized carbons (Fsp3) is 0.556. The Balaban J connectivity index is 1.91. The average molecular weight is 351 g/mol. The minimum atomic E-state index is -1.17. The van der Waals surface area contributed by atoms with E-state index in [1.165, 1.54) is 0 Å². The predicted molar refractivity (Wildman–Crippen MR) is 90.6 cm³/mol. The standard InChI is InChI=1S/C18H25NO6/c1-3-4-9-24-17(22)19-15(16(20)21)13-5-7-14(8-6-13)25-12-18(2)10-23-11-18/h5-8,15H,3-4,9-12H2,1-2H3,(H,19,22)(H,20,21). The Kier molecular flexibility index (Phi) is 6.64. The third-order valence-electron chi connectivity index (χ3n) is 3.94. The number of carboxylic acids is 1. The number of alkyl carbamates (subject to hydrolysis) is 1. The monoisotopic (exact) mass is 351 g/mol. The summed E-state index contributed by atoms with van der Waals surface area (Å²) in [6, 6.07) is 5.47. The molecule has 0 aliphatic carbocycles. The highest BCUT2D eigenvalue weighted by molar-refractivity contribution is 5.81. The number of unbranched alkanes of at least 4 members (excludes halogenated alkanes) is 1. The molecule has 1 unspecified atom stereocenters. The van der Waals surface area contributed by atoms with Gasteiger partial charge in [-0.1, -0.05) is 32.4 Å². The highest BCUT2D eigenvalue weighted by atomic mass is 16.5. The molecular weight excluding hydrogens is 326 g/mol. The summed E-state index contributed by atoms with van der Waals surface area (Å²) in [4.78, 5) is 23.1. The summed E-state index contributed by atoms with van der Waals surface area (Å²) in [6.07, 6.45) is 0.891. The summed E-state index contributed by atoms with van der Waals surface area (Å²) >= 11 is 0. The quantitative estimate of drug-likeness (QED) is 0.665. The van der Waals surface area contributed by atoms with Crippen LogP contribution in [0.1, 0.15) is 38.3 Å². The number of rotatable bonds is 9. The number of hydrogen-bond donors (Lipinski definition) is 2. The van der Waals surface area contributed by atoms with Gasteiger partial charge in [0.1, 0.15) is 5.75 Å². The molecule has 1 aromatic carbocycles. The van der Waals surface area contributed by atoms with Crippen molar-refractivity contribution in [2.45, 2.75) is 32.7 Å². The molecule has 2 N–H and O–H groups in total. The second kappa shape index (κ2) is 8.71. The summed E-state index contributed by atoms with van der Waals surface area (Å²) in [6.45, 7) is 6.22. The number of carbonyl (C=O) groups excluding carboxylic acids is 1. The maximum atomic E-state index is 11.7. The zero-order chi connectivity index (χ0) is 18.3. The Morgan fingerprint density at radius 2 is 2.00 bits per heavy atom. The number of carboxylic acid groups (broad SMARTS) is 1. The fourth-order valence-corrected chi connectivity index (χ4v) is 2.30. The molecule has 0 aromatic heterocycles. The van der Waals surface area contributed by atoms with Crippen LogP contribution in [0, 0.1) is 5.41 Å². The largest absolute Gasteiger partial charge is 0.493 e. The van der Waals surface area contributed by atoms with Crippen LogP contribution in [0.25, 0.3) is 0 Å². The van der Waals surface area contributed by atoms with Crippen LogP contribution >= 0.6 is 0 Å². The van der Waals surface area contributed by atoms with Crippen LogP contribution in [-0.2, 0) is 14.3 Å². The first-order valence-corrected chi connectivity index (χ1v) is 8.40. The zero-order valence-corrected chi connectivity index (χ0v) is 14.6. The van der Waals surface area contributed by atoms with Crippen molar-refractivity contribution in [1.82, 2.24) is 5.32 Å². The molecule has 1 heterocycles. The van der Waals surface area contributed by atoms with E-state index in [9.17, 15) is 14.7 Å². The second-order valence-corrected chi connectivity index (χ2v) is 6.57. The van der Waals surface area contributed by atoms with Crippen molar-refractivity contribution >= 4 is 12.1 Å². The van der Waals surface area contributed by atoms with Crippen LogP contribution in [0.4, 0.5) is 4.79 Å². The third-order valence-corrected chi connectivity index (χ3v) is 3.94. The molecule has 1 aliphatic rings. The van der Waals surface area contributed by atoms with E-state index in [0.29, 0.717) is 31.1 Å². The maximum Gasteiger partial charge on any atom is 0.408 e. The summed E-state index contributed by atoms with van der Waals surface area (Å²) in [5.74, 6) is -0.508. The maximum absolute atomic E-state index is 11.7. The van der Waals surface area contributed by atoms with Crippen LogP contribution < -0.4 is 10.1 Å². The lowest BCUT2D eigenvalue weighted by Gasteiger charge is -2.37. The molecule has 25 heavy (non-hydrogen) atoms. The second-order valence-electron chi connectivity index (χ2n) is 6.57. The topological polar surface area (TPSA) is 94.1 Å². The number of nitrogens with one attached hydrogen (secondary N) is 1. The number of carbonyl (C=O) groups is 2. The lowest BCUT2D eigenvalue weighted by molar-refractivity contribution is -0.139. The van der Waals surface area contributed by atoms with Gasteiger partial charge in [-0.2, -0.15) is 0 Å². The van der Waals surface area contributed by atoms with Gasteiger partial charge < -0.3 is 24.6 Å². The first-order chi connectivity index (χ1) is 11.9. The molecule has 1 aliphatic heterocycles. The first kappa shape index (κ1) is 19.1. The summed E-state index contributed by atoms with van der Waals surface area (Å²) < 4.78 is 15.8. The average Bonchev–Trinajstić information content (AvgIpc) is 2.57. The Hall–Kier alpha value is -2.28. The minimum absolute atomic E-state index is 0.0338. The van der Waals surface area contributed by atoms with Crippen molar-refractivity contribution in [2.75, 3.05) is 26.4 Å². The molecule has 0 saturated carbocycles. The molecule has 0 bridgehead atoms. The highest BCUT2D eigenvalue weighted by Gasteiger charge is 2.34. The van der Waals surface area contributed by atoms with Crippen molar-refractivity contribution in [1.29, 1.82) is 0 Å². The van der Waals surface area contributed by atoms with E-state index in [-0.39, 0.29) is 12.0 Å². The highest BCUT2D eigenvalue weighted by Crippen LogP contribution is 2.28. The molecule has 7 heteroatoms. The molecule has 1 amide bonds. The van der Waals surface area contributed by atoms with Gasteiger partial charge in [0.05, 0.1) is 26.4 Å². The van der Waals surface area contributed by atoms with E-state index < -0.39 is 18.1 Å². The van der Waals surface area contributed by atoms with Gasteiger partial charge in [0, 0.05) is 5.41 Å². The molecule has 2 rings (SSSR count). The van der Waals surface area contributed by atoms with E-state index >= 15 is 0 Å². The Morgan fingerprint density at radius 1 is 1.32 bits per heavy atom. The van der Waals surface area contributed by atoms with E-state index in [4.69, 9.17) is 14.2 Å². The number of benzene rings is 1. The molecule has 1 aromatic rings. The third kappa shape index (κ3) is 5.63. The molecule has 1 saturated heterocycles.